The third-order valence-electron chi connectivity index (χ3n) is 4.52. The molecule has 0 aromatic carbocycles. The summed E-state index contributed by atoms with van der Waals surface area (Å²) in [7, 11) is 3.33. The van der Waals surface area contributed by atoms with E-state index in [-0.39, 0.29) is 12.1 Å². The zero-order valence-electron chi connectivity index (χ0n) is 17.3. The van der Waals surface area contributed by atoms with Crippen LogP contribution in [0.2, 0.25) is 0 Å². The SMILES string of the molecule is COC(C/C=C(\C)CC/C=C(\C)CCC(/C=C/C(C)=O)C(C)C)OC. The maximum absolute atomic E-state index is 11.1. The van der Waals surface area contributed by atoms with E-state index in [2.05, 4.69) is 45.9 Å². The van der Waals surface area contributed by atoms with Crippen LogP contribution in [0, 0.1) is 11.8 Å². The van der Waals surface area contributed by atoms with Crippen molar-refractivity contribution >= 4 is 5.78 Å². The Morgan fingerprint density at radius 1 is 0.960 bits per heavy atom. The molecule has 0 bridgehead atoms. The van der Waals surface area contributed by atoms with Gasteiger partial charge in [0.05, 0.1) is 0 Å². The van der Waals surface area contributed by atoms with Gasteiger partial charge in [0.1, 0.15) is 0 Å². The molecule has 3 nitrogen and oxygen atoms in total. The minimum Gasteiger partial charge on any atom is -0.356 e. The van der Waals surface area contributed by atoms with E-state index < -0.39 is 0 Å². The Morgan fingerprint density at radius 3 is 2.08 bits per heavy atom. The lowest BCUT2D eigenvalue weighted by Crippen LogP contribution is -2.11. The van der Waals surface area contributed by atoms with E-state index in [1.54, 1.807) is 27.2 Å². The Labute approximate surface area is 155 Å². The topological polar surface area (TPSA) is 35.5 Å². The Morgan fingerprint density at radius 2 is 1.56 bits per heavy atom. The fourth-order valence-corrected chi connectivity index (χ4v) is 2.64. The fourth-order valence-electron chi connectivity index (χ4n) is 2.64. The summed E-state index contributed by atoms with van der Waals surface area (Å²) in [5.41, 5.74) is 2.80. The van der Waals surface area contributed by atoms with Crippen LogP contribution in [0.1, 0.15) is 66.7 Å². The number of ether oxygens (including phenoxy) is 2. The van der Waals surface area contributed by atoms with Crippen LogP contribution >= 0.6 is 0 Å². The Kier molecular flexibility index (Phi) is 13.4. The highest BCUT2D eigenvalue weighted by Crippen LogP contribution is 2.22. The average Bonchev–Trinajstić information content (AvgIpc) is 2.55. The van der Waals surface area contributed by atoms with Crippen LogP contribution in [0.25, 0.3) is 0 Å². The zero-order valence-corrected chi connectivity index (χ0v) is 17.3. The summed E-state index contributed by atoms with van der Waals surface area (Å²) >= 11 is 0. The smallest absolute Gasteiger partial charge is 0.160 e. The normalized spacial score (nSPS) is 14.8. The highest BCUT2D eigenvalue weighted by Gasteiger charge is 2.10. The third-order valence-corrected chi connectivity index (χ3v) is 4.52. The Balaban J connectivity index is 4.31. The number of hydrogen-bond donors (Lipinski definition) is 0. The summed E-state index contributed by atoms with van der Waals surface area (Å²) in [5.74, 6) is 1.15. The molecule has 25 heavy (non-hydrogen) atoms. The quantitative estimate of drug-likeness (QED) is 0.237. The lowest BCUT2D eigenvalue weighted by Gasteiger charge is -2.17. The molecule has 0 radical (unpaired) electrons. The van der Waals surface area contributed by atoms with Gasteiger partial charge in [-0.3, -0.25) is 4.79 Å². The van der Waals surface area contributed by atoms with Crippen molar-refractivity contribution in [3.05, 3.63) is 35.5 Å². The van der Waals surface area contributed by atoms with Gasteiger partial charge in [0.2, 0.25) is 0 Å². The van der Waals surface area contributed by atoms with E-state index in [4.69, 9.17) is 9.47 Å². The van der Waals surface area contributed by atoms with Gasteiger partial charge < -0.3 is 9.47 Å². The van der Waals surface area contributed by atoms with Gasteiger partial charge in [-0.1, -0.05) is 43.2 Å². The average molecular weight is 351 g/mol. The van der Waals surface area contributed by atoms with Crippen LogP contribution < -0.4 is 0 Å². The summed E-state index contributed by atoms with van der Waals surface area (Å²) < 4.78 is 10.4. The molecule has 0 aliphatic rings. The molecule has 0 heterocycles. The highest BCUT2D eigenvalue weighted by atomic mass is 16.7. The van der Waals surface area contributed by atoms with E-state index in [0.29, 0.717) is 11.8 Å². The van der Waals surface area contributed by atoms with Crippen LogP contribution in [0.15, 0.2) is 35.5 Å². The van der Waals surface area contributed by atoms with Gasteiger partial charge in [-0.2, -0.15) is 0 Å². The van der Waals surface area contributed by atoms with Crippen molar-refractivity contribution in [3.8, 4) is 0 Å². The van der Waals surface area contributed by atoms with Crippen molar-refractivity contribution in [1.29, 1.82) is 0 Å². The van der Waals surface area contributed by atoms with Gasteiger partial charge in [-0.05, 0) is 64.4 Å². The first-order valence-corrected chi connectivity index (χ1v) is 9.35. The van der Waals surface area contributed by atoms with E-state index >= 15 is 0 Å². The van der Waals surface area contributed by atoms with Gasteiger partial charge in [0, 0.05) is 20.6 Å². The van der Waals surface area contributed by atoms with E-state index in [9.17, 15) is 4.79 Å². The first kappa shape index (κ1) is 23.8. The molecule has 0 saturated carbocycles. The van der Waals surface area contributed by atoms with E-state index in [1.807, 2.05) is 0 Å². The molecule has 0 rings (SSSR count). The molecule has 0 aromatic heterocycles. The summed E-state index contributed by atoms with van der Waals surface area (Å²) in [6.45, 7) is 10.4. The van der Waals surface area contributed by atoms with Gasteiger partial charge in [0.25, 0.3) is 0 Å². The van der Waals surface area contributed by atoms with Crippen molar-refractivity contribution in [2.45, 2.75) is 73.0 Å². The molecule has 0 aromatic rings. The van der Waals surface area contributed by atoms with Crippen LogP contribution in [0.5, 0.6) is 0 Å². The maximum atomic E-state index is 11.1. The van der Waals surface area contributed by atoms with Gasteiger partial charge in [-0.25, -0.2) is 0 Å². The molecule has 0 aliphatic heterocycles. The van der Waals surface area contributed by atoms with Gasteiger partial charge >= 0.3 is 0 Å². The van der Waals surface area contributed by atoms with Crippen molar-refractivity contribution < 1.29 is 14.3 Å². The standard InChI is InChI=1S/C22H38O3/c1-17(2)21(15-13-20(5)23)14-11-18(3)9-8-10-19(4)12-16-22(24-6)25-7/h9,12-13,15,17,21-22H,8,10-11,14,16H2,1-7H3/b15-13+,18-9+,19-12+. The van der Waals surface area contributed by atoms with Gasteiger partial charge in [0.15, 0.2) is 12.1 Å². The maximum Gasteiger partial charge on any atom is 0.160 e. The number of methoxy groups -OCH3 is 2. The largest absolute Gasteiger partial charge is 0.356 e. The Hall–Kier alpha value is -1.19. The molecule has 0 N–H and O–H groups in total. The zero-order chi connectivity index (χ0) is 19.2. The molecule has 3 heteroatoms. The predicted octanol–water partition coefficient (Wildman–Crippen LogP) is 5.87. The number of allylic oxidation sites excluding steroid dienone is 5. The second-order valence-corrected chi connectivity index (χ2v) is 7.19. The lowest BCUT2D eigenvalue weighted by atomic mass is 9.89. The second-order valence-electron chi connectivity index (χ2n) is 7.19. The minimum atomic E-state index is -0.150. The van der Waals surface area contributed by atoms with Crippen LogP contribution in [0.4, 0.5) is 0 Å². The summed E-state index contributed by atoms with van der Waals surface area (Å²) in [6, 6.07) is 0. The van der Waals surface area contributed by atoms with Crippen molar-refractivity contribution in [3.63, 3.8) is 0 Å². The summed E-state index contributed by atoms with van der Waals surface area (Å²) in [4.78, 5) is 11.1. The van der Waals surface area contributed by atoms with Crippen LogP contribution in [-0.4, -0.2) is 26.3 Å². The van der Waals surface area contributed by atoms with Crippen LogP contribution in [0.3, 0.4) is 0 Å². The van der Waals surface area contributed by atoms with Crippen molar-refractivity contribution in [1.82, 2.24) is 0 Å². The fraction of sp³-hybridized carbons (Fsp3) is 0.682. The Bertz CT molecular complexity index is 454. The molecule has 144 valence electrons. The highest BCUT2D eigenvalue weighted by molar-refractivity contribution is 5.87. The molecule has 0 saturated heterocycles. The summed E-state index contributed by atoms with van der Waals surface area (Å²) in [5, 5.41) is 0. The molecular formula is C22H38O3. The first-order valence-electron chi connectivity index (χ1n) is 9.35. The number of carbonyl (C=O) groups is 1. The van der Waals surface area contributed by atoms with E-state index in [1.165, 1.54) is 11.1 Å². The number of hydrogen-bond acceptors (Lipinski definition) is 3. The van der Waals surface area contributed by atoms with E-state index in [0.717, 1.165) is 32.1 Å². The first-order chi connectivity index (χ1) is 11.8. The summed E-state index contributed by atoms with van der Waals surface area (Å²) in [6.07, 6.45) is 13.3. The van der Waals surface area contributed by atoms with Crippen LogP contribution in [-0.2, 0) is 14.3 Å². The molecule has 0 spiro atoms. The van der Waals surface area contributed by atoms with Gasteiger partial charge in [-0.15, -0.1) is 0 Å². The lowest BCUT2D eigenvalue weighted by molar-refractivity contribution is -0.112. The van der Waals surface area contributed by atoms with Crippen molar-refractivity contribution in [2.24, 2.45) is 11.8 Å². The number of ketones is 1. The molecule has 1 atom stereocenters. The second kappa shape index (κ2) is 14.0. The predicted molar refractivity (Wildman–Crippen MR) is 107 cm³/mol. The molecule has 0 amide bonds. The molecular weight excluding hydrogens is 312 g/mol. The van der Waals surface area contributed by atoms with Crippen molar-refractivity contribution in [2.75, 3.05) is 14.2 Å². The molecule has 0 aliphatic carbocycles. The molecule has 0 fully saturated rings. The monoisotopic (exact) mass is 350 g/mol. The minimum absolute atomic E-state index is 0.129. The molecule has 1 unspecified atom stereocenters. The number of rotatable bonds is 13. The number of carbonyl (C=O) groups excluding carboxylic acids is 1. The third kappa shape index (κ3) is 12.8.